The Kier molecular flexibility index (Phi) is 5.40. The highest BCUT2D eigenvalue weighted by Crippen LogP contribution is 2.36. The van der Waals surface area contributed by atoms with Gasteiger partial charge in [-0.05, 0) is 42.3 Å². The summed E-state index contributed by atoms with van der Waals surface area (Å²) in [6, 6.07) is 18.9. The molecule has 4 aromatic rings. The van der Waals surface area contributed by atoms with Crippen molar-refractivity contribution in [2.75, 3.05) is 0 Å². The van der Waals surface area contributed by atoms with E-state index in [1.54, 1.807) is 48.7 Å². The summed E-state index contributed by atoms with van der Waals surface area (Å²) in [5, 5.41) is 1.58. The Balaban J connectivity index is 1.87. The van der Waals surface area contributed by atoms with E-state index in [0.717, 1.165) is 22.0 Å². The van der Waals surface area contributed by atoms with E-state index in [2.05, 4.69) is 9.71 Å². The van der Waals surface area contributed by atoms with Gasteiger partial charge in [-0.2, -0.15) is 4.72 Å². The average molecular weight is 445 g/mol. The lowest BCUT2D eigenvalue weighted by atomic mass is 9.99. The van der Waals surface area contributed by atoms with Gasteiger partial charge in [0, 0.05) is 17.1 Å². The normalized spacial score (nSPS) is 12.9. The van der Waals surface area contributed by atoms with Gasteiger partial charge in [0.05, 0.1) is 21.0 Å². The van der Waals surface area contributed by atoms with Gasteiger partial charge in [0.1, 0.15) is 0 Å². The van der Waals surface area contributed by atoms with Crippen molar-refractivity contribution in [3.05, 3.63) is 99.7 Å². The molecule has 0 aliphatic heterocycles. The maximum Gasteiger partial charge on any atom is 0.241 e. The lowest BCUT2D eigenvalue weighted by molar-refractivity contribution is 0.572. The fourth-order valence-electron chi connectivity index (χ4n) is 3.31. The minimum absolute atomic E-state index is 0.186. The second-order valence-corrected chi connectivity index (χ2v) is 9.30. The summed E-state index contributed by atoms with van der Waals surface area (Å²) in [6.07, 6.45) is 1.80. The molecule has 0 spiro atoms. The number of aryl methyl sites for hydroxylation is 1. The van der Waals surface area contributed by atoms with Crippen LogP contribution in [0.25, 0.3) is 10.9 Å². The topological polar surface area (TPSA) is 62.0 Å². The van der Waals surface area contributed by atoms with Crippen LogP contribution in [0.15, 0.2) is 77.8 Å². The van der Waals surface area contributed by atoms with Gasteiger partial charge in [0.2, 0.25) is 10.0 Å². The van der Waals surface area contributed by atoms with Crippen LogP contribution in [0.2, 0.25) is 10.0 Å². The minimum Gasteiger partial charge on any atom is -0.361 e. The lowest BCUT2D eigenvalue weighted by Gasteiger charge is -2.21. The third-order valence-corrected chi connectivity index (χ3v) is 7.10. The maximum atomic E-state index is 13.2. The van der Waals surface area contributed by atoms with Crippen LogP contribution < -0.4 is 4.72 Å². The van der Waals surface area contributed by atoms with Crippen molar-refractivity contribution in [2.24, 2.45) is 0 Å². The molecule has 2 N–H and O–H groups in total. The van der Waals surface area contributed by atoms with Gasteiger partial charge in [0.25, 0.3) is 0 Å². The van der Waals surface area contributed by atoms with E-state index in [-0.39, 0.29) is 4.90 Å². The zero-order valence-electron chi connectivity index (χ0n) is 15.5. The number of hydrogen-bond donors (Lipinski definition) is 2. The number of para-hydroxylation sites is 1. The van der Waals surface area contributed by atoms with Crippen molar-refractivity contribution in [1.82, 2.24) is 9.71 Å². The van der Waals surface area contributed by atoms with E-state index >= 15 is 0 Å². The molecule has 1 heterocycles. The highest BCUT2D eigenvalue weighted by Gasteiger charge is 2.27. The van der Waals surface area contributed by atoms with Crippen LogP contribution in [0.5, 0.6) is 0 Å². The molecule has 148 valence electrons. The number of fused-ring (bicyclic) bond motifs is 1. The number of sulfonamides is 1. The summed E-state index contributed by atoms with van der Waals surface area (Å²) >= 11 is 12.7. The molecule has 4 rings (SSSR count). The summed E-state index contributed by atoms with van der Waals surface area (Å²) in [5.41, 5.74) is 3.23. The first-order chi connectivity index (χ1) is 13.9. The van der Waals surface area contributed by atoms with Crippen molar-refractivity contribution < 1.29 is 8.42 Å². The maximum absolute atomic E-state index is 13.2. The summed E-state index contributed by atoms with van der Waals surface area (Å²) in [6.45, 7) is 1.91. The standard InChI is InChI=1S/C22H18Cl2N2O2S/c1-14-9-11-15(12-10-14)29(27,28)26-22(17-6-4-7-19(23)21(17)24)18-13-25-20-8-3-2-5-16(18)20/h2-13,22,25-26H,1H3. The minimum atomic E-state index is -3.81. The first-order valence-electron chi connectivity index (χ1n) is 8.96. The summed E-state index contributed by atoms with van der Waals surface area (Å²) in [7, 11) is -3.81. The number of aromatic amines is 1. The van der Waals surface area contributed by atoms with Crippen molar-refractivity contribution in [1.29, 1.82) is 0 Å². The zero-order chi connectivity index (χ0) is 20.6. The zero-order valence-corrected chi connectivity index (χ0v) is 17.8. The van der Waals surface area contributed by atoms with E-state index in [9.17, 15) is 8.42 Å². The smallest absolute Gasteiger partial charge is 0.241 e. The van der Waals surface area contributed by atoms with E-state index in [4.69, 9.17) is 23.2 Å². The molecule has 3 aromatic carbocycles. The molecule has 1 aromatic heterocycles. The van der Waals surface area contributed by atoms with Crippen LogP contribution in [0.4, 0.5) is 0 Å². The molecule has 0 saturated heterocycles. The monoisotopic (exact) mass is 444 g/mol. The van der Waals surface area contributed by atoms with E-state index in [0.29, 0.717) is 15.6 Å². The third kappa shape index (κ3) is 3.91. The first kappa shape index (κ1) is 20.0. The van der Waals surface area contributed by atoms with E-state index < -0.39 is 16.1 Å². The molecule has 7 heteroatoms. The van der Waals surface area contributed by atoms with E-state index in [1.165, 1.54) is 0 Å². The molecule has 0 bridgehead atoms. The molecular formula is C22H18Cl2N2O2S. The second-order valence-electron chi connectivity index (χ2n) is 6.80. The lowest BCUT2D eigenvalue weighted by Crippen LogP contribution is -2.29. The van der Waals surface area contributed by atoms with Gasteiger partial charge in [-0.15, -0.1) is 0 Å². The van der Waals surface area contributed by atoms with Crippen LogP contribution >= 0.6 is 23.2 Å². The first-order valence-corrected chi connectivity index (χ1v) is 11.2. The largest absolute Gasteiger partial charge is 0.361 e. The number of halogens is 2. The number of aromatic nitrogens is 1. The third-order valence-electron chi connectivity index (χ3n) is 4.83. The predicted octanol–water partition coefficient (Wildman–Crippen LogP) is 5.85. The molecule has 29 heavy (non-hydrogen) atoms. The Hall–Kier alpha value is -2.31. The molecular weight excluding hydrogens is 427 g/mol. The van der Waals surface area contributed by atoms with Gasteiger partial charge < -0.3 is 4.98 Å². The molecule has 0 fully saturated rings. The Morgan fingerprint density at radius 3 is 2.38 bits per heavy atom. The molecule has 0 amide bonds. The van der Waals surface area contributed by atoms with E-state index in [1.807, 2.05) is 31.2 Å². The molecule has 4 nitrogen and oxygen atoms in total. The molecule has 0 aliphatic rings. The highest BCUT2D eigenvalue weighted by atomic mass is 35.5. The Labute approximate surface area is 179 Å². The Morgan fingerprint density at radius 1 is 0.897 bits per heavy atom. The molecule has 0 aliphatic carbocycles. The number of nitrogens with one attached hydrogen (secondary N) is 2. The van der Waals surface area contributed by atoms with Crippen LogP contribution in [0.3, 0.4) is 0 Å². The van der Waals surface area contributed by atoms with Crippen LogP contribution in [0, 0.1) is 6.92 Å². The van der Waals surface area contributed by atoms with Gasteiger partial charge in [-0.25, -0.2) is 8.42 Å². The molecule has 0 radical (unpaired) electrons. The Morgan fingerprint density at radius 2 is 1.62 bits per heavy atom. The number of rotatable bonds is 5. The Bertz CT molecular complexity index is 1280. The van der Waals surface area contributed by atoms with Crippen LogP contribution in [0.1, 0.15) is 22.7 Å². The van der Waals surface area contributed by atoms with Gasteiger partial charge in [-0.3, -0.25) is 0 Å². The molecule has 0 saturated carbocycles. The second kappa shape index (κ2) is 7.84. The summed E-state index contributed by atoms with van der Waals surface area (Å²) in [4.78, 5) is 3.38. The molecule has 1 atom stereocenters. The van der Waals surface area contributed by atoms with Crippen molar-refractivity contribution in [3.63, 3.8) is 0 Å². The van der Waals surface area contributed by atoms with Crippen molar-refractivity contribution in [2.45, 2.75) is 17.9 Å². The predicted molar refractivity (Wildman–Crippen MR) is 118 cm³/mol. The number of H-pyrrole nitrogens is 1. The highest BCUT2D eigenvalue weighted by molar-refractivity contribution is 7.89. The number of benzene rings is 3. The summed E-state index contributed by atoms with van der Waals surface area (Å²) in [5.74, 6) is 0. The van der Waals surface area contributed by atoms with Crippen molar-refractivity contribution >= 4 is 44.1 Å². The number of hydrogen-bond acceptors (Lipinski definition) is 2. The summed E-state index contributed by atoms with van der Waals surface area (Å²) < 4.78 is 29.1. The van der Waals surface area contributed by atoms with Crippen molar-refractivity contribution in [3.8, 4) is 0 Å². The fourth-order valence-corrected chi connectivity index (χ4v) is 4.92. The quantitative estimate of drug-likeness (QED) is 0.405. The average Bonchev–Trinajstić information content (AvgIpc) is 3.13. The van der Waals surface area contributed by atoms with Gasteiger partial charge >= 0.3 is 0 Å². The van der Waals surface area contributed by atoms with Gasteiger partial charge in [0.15, 0.2) is 0 Å². The molecule has 1 unspecified atom stereocenters. The van der Waals surface area contributed by atoms with Crippen LogP contribution in [-0.2, 0) is 10.0 Å². The SMILES string of the molecule is Cc1ccc(S(=O)(=O)NC(c2cccc(Cl)c2Cl)c2c[nH]c3ccccc23)cc1. The van der Waals surface area contributed by atoms with Gasteiger partial charge in [-0.1, -0.05) is 71.2 Å². The van der Waals surface area contributed by atoms with Crippen LogP contribution in [-0.4, -0.2) is 13.4 Å². The fraction of sp³-hybridized carbons (Fsp3) is 0.0909.